The fourth-order valence-corrected chi connectivity index (χ4v) is 1.97. The van der Waals surface area contributed by atoms with E-state index in [-0.39, 0.29) is 5.91 Å². The van der Waals surface area contributed by atoms with Crippen LogP contribution in [-0.4, -0.2) is 31.2 Å². The number of nitrogens with one attached hydrogen (secondary N) is 2. The molecule has 5 nitrogen and oxygen atoms in total. The first kappa shape index (κ1) is 16.3. The zero-order chi connectivity index (χ0) is 15.8. The number of halogens is 1. The summed E-state index contributed by atoms with van der Waals surface area (Å²) in [6, 6.07) is 9.11. The van der Waals surface area contributed by atoms with Crippen molar-refractivity contribution in [1.29, 1.82) is 0 Å². The highest BCUT2D eigenvalue weighted by molar-refractivity contribution is 6.30. The molecule has 0 saturated heterocycles. The van der Waals surface area contributed by atoms with E-state index in [4.69, 9.17) is 16.3 Å². The summed E-state index contributed by atoms with van der Waals surface area (Å²) < 4.78 is 4.97. The SMILES string of the molecule is COCCNc1cncc(C(=O)NCc2ccc(Cl)cc2)c1. The van der Waals surface area contributed by atoms with Crippen LogP contribution in [0, 0.1) is 0 Å². The predicted octanol–water partition coefficient (Wildman–Crippen LogP) is 2.72. The Labute approximate surface area is 134 Å². The summed E-state index contributed by atoms with van der Waals surface area (Å²) in [4.78, 5) is 16.2. The highest BCUT2D eigenvalue weighted by Gasteiger charge is 2.06. The van der Waals surface area contributed by atoms with Crippen molar-refractivity contribution in [1.82, 2.24) is 10.3 Å². The van der Waals surface area contributed by atoms with Gasteiger partial charge < -0.3 is 15.4 Å². The third kappa shape index (κ3) is 5.02. The molecular formula is C16H18ClN3O2. The fraction of sp³-hybridized carbons (Fsp3) is 0.250. The lowest BCUT2D eigenvalue weighted by molar-refractivity contribution is 0.0950. The Kier molecular flexibility index (Phi) is 6.18. The minimum absolute atomic E-state index is 0.169. The van der Waals surface area contributed by atoms with Gasteiger partial charge in [-0.25, -0.2) is 0 Å². The Hall–Kier alpha value is -2.11. The first-order valence-electron chi connectivity index (χ1n) is 6.89. The van der Waals surface area contributed by atoms with E-state index in [2.05, 4.69) is 15.6 Å². The molecule has 1 aromatic carbocycles. The standard InChI is InChI=1S/C16H18ClN3O2/c1-22-7-6-19-15-8-13(10-18-11-15)16(21)20-9-12-2-4-14(17)5-3-12/h2-5,8,10-11,19H,6-7,9H2,1H3,(H,20,21). The molecule has 0 aliphatic carbocycles. The van der Waals surface area contributed by atoms with Gasteiger partial charge in [-0.05, 0) is 23.8 Å². The third-order valence-electron chi connectivity index (χ3n) is 3.00. The number of rotatable bonds is 7. The van der Waals surface area contributed by atoms with Crippen molar-refractivity contribution in [3.8, 4) is 0 Å². The van der Waals surface area contributed by atoms with E-state index < -0.39 is 0 Å². The average molecular weight is 320 g/mol. The molecule has 0 radical (unpaired) electrons. The van der Waals surface area contributed by atoms with Crippen LogP contribution >= 0.6 is 11.6 Å². The lowest BCUT2D eigenvalue weighted by Crippen LogP contribution is -2.23. The van der Waals surface area contributed by atoms with Crippen molar-refractivity contribution in [2.75, 3.05) is 25.6 Å². The Morgan fingerprint density at radius 3 is 2.77 bits per heavy atom. The number of hydrogen-bond acceptors (Lipinski definition) is 4. The summed E-state index contributed by atoms with van der Waals surface area (Å²) in [6.07, 6.45) is 3.21. The highest BCUT2D eigenvalue weighted by atomic mass is 35.5. The molecule has 0 fully saturated rings. The van der Waals surface area contributed by atoms with Crippen LogP contribution in [0.5, 0.6) is 0 Å². The summed E-state index contributed by atoms with van der Waals surface area (Å²) >= 11 is 5.83. The van der Waals surface area contributed by atoms with E-state index in [1.165, 1.54) is 0 Å². The van der Waals surface area contributed by atoms with Crippen LogP contribution in [0.25, 0.3) is 0 Å². The zero-order valence-corrected chi connectivity index (χ0v) is 13.1. The largest absolute Gasteiger partial charge is 0.383 e. The van der Waals surface area contributed by atoms with Gasteiger partial charge in [0, 0.05) is 37.6 Å². The quantitative estimate of drug-likeness (QED) is 0.770. The second kappa shape index (κ2) is 8.36. The molecule has 2 aromatic rings. The molecule has 2 rings (SSSR count). The summed E-state index contributed by atoms with van der Waals surface area (Å²) in [5.74, 6) is -0.169. The van der Waals surface area contributed by atoms with E-state index in [1.54, 1.807) is 37.7 Å². The van der Waals surface area contributed by atoms with Crippen LogP contribution in [0.15, 0.2) is 42.7 Å². The molecule has 0 bridgehead atoms. The number of methoxy groups -OCH3 is 1. The maximum Gasteiger partial charge on any atom is 0.253 e. The number of carbonyl (C=O) groups is 1. The van der Waals surface area contributed by atoms with E-state index >= 15 is 0 Å². The van der Waals surface area contributed by atoms with Gasteiger partial charge in [0.1, 0.15) is 0 Å². The zero-order valence-electron chi connectivity index (χ0n) is 12.3. The molecule has 0 saturated carbocycles. The number of amides is 1. The number of ether oxygens (including phenoxy) is 1. The summed E-state index contributed by atoms with van der Waals surface area (Å²) in [5, 5.41) is 6.67. The van der Waals surface area contributed by atoms with Gasteiger partial charge in [0.05, 0.1) is 17.9 Å². The number of pyridine rings is 1. The van der Waals surface area contributed by atoms with Crippen LogP contribution in [0.2, 0.25) is 5.02 Å². The third-order valence-corrected chi connectivity index (χ3v) is 3.25. The van der Waals surface area contributed by atoms with E-state index in [1.807, 2.05) is 12.1 Å². The molecule has 0 atom stereocenters. The normalized spacial score (nSPS) is 10.3. The average Bonchev–Trinajstić information content (AvgIpc) is 2.54. The first-order chi connectivity index (χ1) is 10.7. The van der Waals surface area contributed by atoms with Crippen molar-refractivity contribution >= 4 is 23.2 Å². The van der Waals surface area contributed by atoms with Gasteiger partial charge in [-0.3, -0.25) is 9.78 Å². The number of nitrogens with zero attached hydrogens (tertiary/aromatic N) is 1. The van der Waals surface area contributed by atoms with Gasteiger partial charge in [-0.15, -0.1) is 0 Å². The van der Waals surface area contributed by atoms with E-state index in [0.29, 0.717) is 30.3 Å². The molecule has 2 N–H and O–H groups in total. The van der Waals surface area contributed by atoms with Crippen LogP contribution in [-0.2, 0) is 11.3 Å². The minimum Gasteiger partial charge on any atom is -0.383 e. The molecule has 1 amide bonds. The van der Waals surface area contributed by atoms with Crippen LogP contribution in [0.1, 0.15) is 15.9 Å². The lowest BCUT2D eigenvalue weighted by Gasteiger charge is -2.08. The second-order valence-electron chi connectivity index (χ2n) is 4.69. The maximum atomic E-state index is 12.1. The monoisotopic (exact) mass is 319 g/mol. The van der Waals surface area contributed by atoms with Crippen molar-refractivity contribution < 1.29 is 9.53 Å². The van der Waals surface area contributed by atoms with Gasteiger partial charge >= 0.3 is 0 Å². The van der Waals surface area contributed by atoms with Gasteiger partial charge in [-0.2, -0.15) is 0 Å². The second-order valence-corrected chi connectivity index (χ2v) is 5.13. The Balaban J connectivity index is 1.91. The molecular weight excluding hydrogens is 302 g/mol. The van der Waals surface area contributed by atoms with Crippen molar-refractivity contribution in [2.24, 2.45) is 0 Å². The predicted molar refractivity (Wildman–Crippen MR) is 87.2 cm³/mol. The van der Waals surface area contributed by atoms with Gasteiger partial charge in [0.15, 0.2) is 0 Å². The van der Waals surface area contributed by atoms with Crippen LogP contribution in [0.3, 0.4) is 0 Å². The van der Waals surface area contributed by atoms with Gasteiger partial charge in [0.25, 0.3) is 5.91 Å². The molecule has 1 heterocycles. The minimum atomic E-state index is -0.169. The van der Waals surface area contributed by atoms with Crippen molar-refractivity contribution in [2.45, 2.75) is 6.54 Å². The number of aromatic nitrogens is 1. The van der Waals surface area contributed by atoms with Crippen LogP contribution in [0.4, 0.5) is 5.69 Å². The summed E-state index contributed by atoms with van der Waals surface area (Å²) in [6.45, 7) is 1.69. The van der Waals surface area contributed by atoms with Crippen LogP contribution < -0.4 is 10.6 Å². The smallest absolute Gasteiger partial charge is 0.253 e. The molecule has 1 aromatic heterocycles. The van der Waals surface area contributed by atoms with E-state index in [0.717, 1.165) is 11.3 Å². The van der Waals surface area contributed by atoms with Crippen molar-refractivity contribution in [3.63, 3.8) is 0 Å². The number of benzene rings is 1. The Morgan fingerprint density at radius 2 is 2.05 bits per heavy atom. The molecule has 0 unspecified atom stereocenters. The molecule has 6 heteroatoms. The molecule has 0 aliphatic heterocycles. The first-order valence-corrected chi connectivity index (χ1v) is 7.27. The topological polar surface area (TPSA) is 63.2 Å². The number of hydrogen-bond donors (Lipinski definition) is 2. The number of carbonyl (C=O) groups excluding carboxylic acids is 1. The number of anilines is 1. The van der Waals surface area contributed by atoms with E-state index in [9.17, 15) is 4.79 Å². The van der Waals surface area contributed by atoms with Gasteiger partial charge in [-0.1, -0.05) is 23.7 Å². The Bertz CT molecular complexity index is 617. The lowest BCUT2D eigenvalue weighted by atomic mass is 10.2. The maximum absolute atomic E-state index is 12.1. The fourth-order valence-electron chi connectivity index (χ4n) is 1.84. The van der Waals surface area contributed by atoms with Gasteiger partial charge in [0.2, 0.25) is 0 Å². The molecule has 22 heavy (non-hydrogen) atoms. The highest BCUT2D eigenvalue weighted by Crippen LogP contribution is 2.10. The molecule has 0 spiro atoms. The van der Waals surface area contributed by atoms with Crippen molar-refractivity contribution in [3.05, 3.63) is 58.9 Å². The molecule has 116 valence electrons. The summed E-state index contributed by atoms with van der Waals surface area (Å²) in [5.41, 5.74) is 2.28. The Morgan fingerprint density at radius 1 is 1.27 bits per heavy atom. The summed E-state index contributed by atoms with van der Waals surface area (Å²) in [7, 11) is 1.64. The molecule has 0 aliphatic rings.